The summed E-state index contributed by atoms with van der Waals surface area (Å²) < 4.78 is 6.75. The van der Waals surface area contributed by atoms with Crippen molar-refractivity contribution in [2.45, 2.75) is 25.8 Å². The number of fused-ring (bicyclic) bond motifs is 1. The smallest absolute Gasteiger partial charge is 0.329 e. The zero-order valence-corrected chi connectivity index (χ0v) is 16.3. The van der Waals surface area contributed by atoms with Gasteiger partial charge >= 0.3 is 5.69 Å². The number of nitrogens with zero attached hydrogens (tertiary/aromatic N) is 3. The summed E-state index contributed by atoms with van der Waals surface area (Å²) in [7, 11) is 1.53. The van der Waals surface area contributed by atoms with E-state index in [0.717, 1.165) is 24.2 Å². The number of hydrogen-bond acceptors (Lipinski definition) is 5. The minimum absolute atomic E-state index is 0.0349. The van der Waals surface area contributed by atoms with Gasteiger partial charge in [-0.25, -0.2) is 9.78 Å². The van der Waals surface area contributed by atoms with Crippen LogP contribution in [-0.2, 0) is 7.05 Å². The predicted octanol–water partition coefficient (Wildman–Crippen LogP) is 2.00. The Balaban J connectivity index is 1.66. The maximum Gasteiger partial charge on any atom is 0.329 e. The molecule has 0 aliphatic carbocycles. The van der Waals surface area contributed by atoms with Crippen LogP contribution in [0.1, 0.15) is 41.7 Å². The van der Waals surface area contributed by atoms with Crippen LogP contribution in [0.2, 0.25) is 0 Å². The molecule has 1 saturated heterocycles. The summed E-state index contributed by atoms with van der Waals surface area (Å²) >= 11 is 0. The van der Waals surface area contributed by atoms with Crippen LogP contribution < -0.4 is 16.0 Å². The highest BCUT2D eigenvalue weighted by Gasteiger charge is 2.31. The van der Waals surface area contributed by atoms with Gasteiger partial charge in [0.15, 0.2) is 0 Å². The topological polar surface area (TPSA) is 97.3 Å². The van der Waals surface area contributed by atoms with Gasteiger partial charge in [-0.1, -0.05) is 12.1 Å². The van der Waals surface area contributed by atoms with E-state index in [1.807, 2.05) is 36.1 Å². The van der Waals surface area contributed by atoms with Gasteiger partial charge in [0.2, 0.25) is 0 Å². The molecule has 3 heterocycles. The highest BCUT2D eigenvalue weighted by atomic mass is 16.5. The van der Waals surface area contributed by atoms with E-state index < -0.39 is 11.2 Å². The van der Waals surface area contributed by atoms with Crippen molar-refractivity contribution in [2.75, 3.05) is 13.2 Å². The lowest BCUT2D eigenvalue weighted by Gasteiger charge is -2.25. The zero-order chi connectivity index (χ0) is 20.5. The molecule has 2 aromatic heterocycles. The zero-order valence-electron chi connectivity index (χ0n) is 16.3. The molecule has 0 radical (unpaired) electrons. The third-order valence-electron chi connectivity index (χ3n) is 5.29. The molecule has 0 spiro atoms. The van der Waals surface area contributed by atoms with Gasteiger partial charge < -0.3 is 9.64 Å². The van der Waals surface area contributed by atoms with Crippen LogP contribution in [0.25, 0.3) is 11.0 Å². The van der Waals surface area contributed by atoms with Gasteiger partial charge in [0.25, 0.3) is 11.5 Å². The summed E-state index contributed by atoms with van der Waals surface area (Å²) in [5.41, 5.74) is 0.548. The maximum absolute atomic E-state index is 13.2. The molecule has 1 aliphatic rings. The molecule has 29 heavy (non-hydrogen) atoms. The van der Waals surface area contributed by atoms with Gasteiger partial charge in [0, 0.05) is 19.8 Å². The highest BCUT2D eigenvalue weighted by molar-refractivity contribution is 5.97. The third-order valence-corrected chi connectivity index (χ3v) is 5.29. The first kappa shape index (κ1) is 18.9. The number of amides is 1. The van der Waals surface area contributed by atoms with Crippen molar-refractivity contribution < 1.29 is 9.53 Å². The number of benzene rings is 1. The van der Waals surface area contributed by atoms with E-state index in [1.54, 1.807) is 0 Å². The summed E-state index contributed by atoms with van der Waals surface area (Å²) in [6.45, 7) is 3.18. The van der Waals surface area contributed by atoms with Crippen molar-refractivity contribution in [1.82, 2.24) is 19.4 Å². The van der Waals surface area contributed by atoms with Crippen LogP contribution >= 0.6 is 0 Å². The molecule has 1 N–H and O–H groups in total. The Labute approximate surface area is 166 Å². The fourth-order valence-electron chi connectivity index (χ4n) is 3.83. The van der Waals surface area contributed by atoms with E-state index in [9.17, 15) is 14.4 Å². The number of rotatable bonds is 4. The molecule has 150 valence electrons. The minimum Gasteiger partial charge on any atom is -0.494 e. The number of nitrogens with one attached hydrogen (secondary N) is 1. The fraction of sp³-hybridized carbons (Fsp3) is 0.333. The minimum atomic E-state index is -0.547. The van der Waals surface area contributed by atoms with Crippen molar-refractivity contribution in [3.8, 4) is 5.75 Å². The highest BCUT2D eigenvalue weighted by Crippen LogP contribution is 2.34. The second-order valence-corrected chi connectivity index (χ2v) is 7.07. The van der Waals surface area contributed by atoms with E-state index in [0.29, 0.717) is 18.7 Å². The van der Waals surface area contributed by atoms with E-state index >= 15 is 0 Å². The van der Waals surface area contributed by atoms with Crippen LogP contribution in [0.5, 0.6) is 5.75 Å². The molecule has 3 aromatic rings. The van der Waals surface area contributed by atoms with E-state index in [-0.39, 0.29) is 23.0 Å². The lowest BCUT2D eigenvalue weighted by Crippen LogP contribution is -2.32. The first-order valence-electron chi connectivity index (χ1n) is 9.62. The van der Waals surface area contributed by atoms with Crippen LogP contribution in [-0.4, -0.2) is 38.5 Å². The molecular weight excluding hydrogens is 372 g/mol. The molecule has 1 aromatic carbocycles. The monoisotopic (exact) mass is 394 g/mol. The molecule has 1 amide bonds. The number of hydrogen-bond donors (Lipinski definition) is 1. The number of aryl methyl sites for hydroxylation is 1. The summed E-state index contributed by atoms with van der Waals surface area (Å²) in [5.74, 6) is 0.625. The van der Waals surface area contributed by atoms with E-state index in [4.69, 9.17) is 4.74 Å². The molecule has 0 unspecified atom stereocenters. The first-order valence-corrected chi connectivity index (χ1v) is 9.62. The average Bonchev–Trinajstić information content (AvgIpc) is 3.22. The number of aromatic amines is 1. The Morgan fingerprint density at radius 2 is 2.03 bits per heavy atom. The SMILES string of the molecule is CCOc1ccc([C@H]2CCCN2C(=O)c2cnc3c(c2)c(=O)[nH]c(=O)n3C)cc1. The number of pyridine rings is 1. The van der Waals surface area contributed by atoms with Crippen LogP contribution in [0.3, 0.4) is 0 Å². The molecule has 0 saturated carbocycles. The Hall–Kier alpha value is -3.42. The van der Waals surface area contributed by atoms with Crippen molar-refractivity contribution in [2.24, 2.45) is 7.05 Å². The van der Waals surface area contributed by atoms with Crippen molar-refractivity contribution >= 4 is 16.9 Å². The number of likely N-dealkylation sites (tertiary alicyclic amines) is 1. The first-order chi connectivity index (χ1) is 14.0. The molecule has 8 heteroatoms. The molecule has 8 nitrogen and oxygen atoms in total. The number of aromatic nitrogens is 3. The average molecular weight is 394 g/mol. The molecule has 1 atom stereocenters. The largest absolute Gasteiger partial charge is 0.494 e. The molecular formula is C21H22N4O4. The van der Waals surface area contributed by atoms with Crippen LogP contribution in [0.4, 0.5) is 0 Å². The summed E-state index contributed by atoms with van der Waals surface area (Å²) in [4.78, 5) is 45.4. The summed E-state index contributed by atoms with van der Waals surface area (Å²) in [5, 5.41) is 0.217. The van der Waals surface area contributed by atoms with Gasteiger partial charge in [-0.2, -0.15) is 0 Å². The Morgan fingerprint density at radius 1 is 1.28 bits per heavy atom. The lowest BCUT2D eigenvalue weighted by atomic mass is 10.0. The lowest BCUT2D eigenvalue weighted by molar-refractivity contribution is 0.0735. The quantitative estimate of drug-likeness (QED) is 0.730. The van der Waals surface area contributed by atoms with Gasteiger partial charge in [-0.15, -0.1) is 0 Å². The van der Waals surface area contributed by atoms with Gasteiger partial charge in [-0.05, 0) is 43.5 Å². The van der Waals surface area contributed by atoms with Crippen LogP contribution in [0.15, 0.2) is 46.1 Å². The third kappa shape index (κ3) is 3.41. The second-order valence-electron chi connectivity index (χ2n) is 7.07. The summed E-state index contributed by atoms with van der Waals surface area (Å²) in [6, 6.07) is 9.28. The van der Waals surface area contributed by atoms with Crippen LogP contribution in [0, 0.1) is 0 Å². The van der Waals surface area contributed by atoms with Crippen molar-refractivity contribution in [3.63, 3.8) is 0 Å². The van der Waals surface area contributed by atoms with E-state index in [1.165, 1.54) is 23.9 Å². The Bertz CT molecular complexity index is 1180. The number of carbonyl (C=O) groups is 1. The molecule has 1 fully saturated rings. The number of ether oxygens (including phenoxy) is 1. The van der Waals surface area contributed by atoms with Crippen molar-refractivity contribution in [3.05, 3.63) is 68.5 Å². The fourth-order valence-corrected chi connectivity index (χ4v) is 3.83. The molecule has 0 bridgehead atoms. The normalized spacial score (nSPS) is 16.3. The van der Waals surface area contributed by atoms with E-state index in [2.05, 4.69) is 9.97 Å². The van der Waals surface area contributed by atoms with Gasteiger partial charge in [-0.3, -0.25) is 19.1 Å². The predicted molar refractivity (Wildman–Crippen MR) is 108 cm³/mol. The number of H-pyrrole nitrogens is 1. The Morgan fingerprint density at radius 3 is 2.76 bits per heavy atom. The van der Waals surface area contributed by atoms with Gasteiger partial charge in [0.1, 0.15) is 11.4 Å². The second kappa shape index (κ2) is 7.54. The molecule has 4 rings (SSSR count). The van der Waals surface area contributed by atoms with Gasteiger partial charge in [0.05, 0.1) is 23.6 Å². The summed E-state index contributed by atoms with van der Waals surface area (Å²) in [6.07, 6.45) is 3.20. The number of carbonyl (C=O) groups excluding carboxylic acids is 1. The Kier molecular flexibility index (Phi) is 4.92. The van der Waals surface area contributed by atoms with Crippen molar-refractivity contribution in [1.29, 1.82) is 0 Å². The standard InChI is InChI=1S/C21H22N4O4/c1-3-29-15-8-6-13(7-9-15)17-5-4-10-25(17)20(27)14-11-16-18(22-12-14)24(2)21(28)23-19(16)26/h6-9,11-12,17H,3-5,10H2,1-2H3,(H,23,26,28)/t17-/m1/s1. The molecule has 1 aliphatic heterocycles. The maximum atomic E-state index is 13.2.